The summed E-state index contributed by atoms with van der Waals surface area (Å²) in [5, 5.41) is 7.95. The maximum absolute atomic E-state index is 12.8. The Hall–Kier alpha value is -4.58. The number of aromatic nitrogens is 3. The summed E-state index contributed by atoms with van der Waals surface area (Å²) in [6.07, 6.45) is -1.43. The molecule has 4 aromatic rings. The van der Waals surface area contributed by atoms with E-state index in [0.29, 0.717) is 28.3 Å². The zero-order valence-electron chi connectivity index (χ0n) is 23.7. The van der Waals surface area contributed by atoms with Gasteiger partial charge in [-0.1, -0.05) is 68.1 Å². The zero-order valence-corrected chi connectivity index (χ0v) is 24.5. The monoisotopic (exact) mass is 606 g/mol. The van der Waals surface area contributed by atoms with Crippen LogP contribution in [0.25, 0.3) is 23.2 Å². The Bertz CT molecular complexity index is 1650. The Morgan fingerprint density at radius 1 is 1.07 bits per heavy atom. The number of aliphatic imine (C=N–C) groups is 1. The maximum Gasteiger partial charge on any atom is 0.573 e. The second kappa shape index (κ2) is 12.7. The van der Waals surface area contributed by atoms with Crippen LogP contribution in [0.15, 0.2) is 89.8 Å². The van der Waals surface area contributed by atoms with Crippen LogP contribution in [0.5, 0.6) is 5.75 Å². The van der Waals surface area contributed by atoms with Crippen molar-refractivity contribution in [2.24, 2.45) is 4.99 Å². The van der Waals surface area contributed by atoms with Gasteiger partial charge < -0.3 is 15.0 Å². The van der Waals surface area contributed by atoms with Crippen molar-refractivity contribution < 1.29 is 22.7 Å². The zero-order chi connectivity index (χ0) is 30.6. The number of nitrogens with one attached hydrogen (secondary N) is 1. The van der Waals surface area contributed by atoms with E-state index in [0.717, 1.165) is 29.1 Å². The molecular formula is C31H29F3N6O2S. The molecule has 1 saturated heterocycles. The van der Waals surface area contributed by atoms with E-state index >= 15 is 0 Å². The number of rotatable bonds is 7. The van der Waals surface area contributed by atoms with Crippen LogP contribution in [0.3, 0.4) is 0 Å². The molecule has 1 fully saturated rings. The van der Waals surface area contributed by atoms with Gasteiger partial charge in [0.25, 0.3) is 0 Å². The third-order valence-electron chi connectivity index (χ3n) is 6.51. The van der Waals surface area contributed by atoms with Gasteiger partial charge in [-0.15, -0.1) is 18.3 Å². The number of benzene rings is 3. The number of ether oxygens (including phenoxy) is 1. The van der Waals surface area contributed by atoms with Crippen LogP contribution in [-0.4, -0.2) is 44.6 Å². The summed E-state index contributed by atoms with van der Waals surface area (Å²) < 4.78 is 42.6. The molecular weight excluding hydrogens is 577 g/mol. The predicted octanol–water partition coefficient (Wildman–Crippen LogP) is 7.64. The number of hydrogen-bond donors (Lipinski definition) is 1. The van der Waals surface area contributed by atoms with Crippen molar-refractivity contribution in [2.75, 3.05) is 17.2 Å². The van der Waals surface area contributed by atoms with Crippen LogP contribution >= 0.6 is 11.8 Å². The van der Waals surface area contributed by atoms with E-state index in [4.69, 9.17) is 0 Å². The second-order valence-electron chi connectivity index (χ2n) is 10.0. The van der Waals surface area contributed by atoms with Crippen molar-refractivity contribution in [3.63, 3.8) is 0 Å². The topological polar surface area (TPSA) is 84.6 Å². The Kier molecular flexibility index (Phi) is 8.86. The molecule has 12 heteroatoms. The number of hydrogen-bond acceptors (Lipinski definition) is 5. The normalized spacial score (nSPS) is 14.9. The number of para-hydroxylation sites is 1. The van der Waals surface area contributed by atoms with Gasteiger partial charge >= 0.3 is 12.4 Å². The van der Waals surface area contributed by atoms with Gasteiger partial charge in [0.15, 0.2) is 11.0 Å². The van der Waals surface area contributed by atoms with E-state index in [1.807, 2.05) is 42.5 Å². The summed E-state index contributed by atoms with van der Waals surface area (Å²) in [5.74, 6) is 1.34. The fourth-order valence-corrected chi connectivity index (χ4v) is 5.51. The average Bonchev–Trinajstić information content (AvgIpc) is 3.63. The number of carbonyl (C=O) groups excluding carboxylic acids is 1. The summed E-state index contributed by atoms with van der Waals surface area (Å²) in [6.45, 7) is 6.89. The number of urea groups is 1. The molecule has 0 spiro atoms. The third kappa shape index (κ3) is 7.63. The summed E-state index contributed by atoms with van der Waals surface area (Å²) in [4.78, 5) is 23.5. The van der Waals surface area contributed by atoms with Gasteiger partial charge in [0.1, 0.15) is 12.1 Å². The lowest BCUT2D eigenvalue weighted by Crippen LogP contribution is -2.28. The highest BCUT2D eigenvalue weighted by atomic mass is 32.2. The Morgan fingerprint density at radius 2 is 1.79 bits per heavy atom. The van der Waals surface area contributed by atoms with E-state index in [1.54, 1.807) is 18.7 Å². The van der Waals surface area contributed by atoms with E-state index in [1.165, 1.54) is 40.8 Å². The molecule has 0 bridgehead atoms. The van der Waals surface area contributed by atoms with Crippen molar-refractivity contribution in [2.45, 2.75) is 33.1 Å². The minimum atomic E-state index is -4.75. The standard InChI is InChI=1S/C31H29F3N6O2S/c1-20(2)26-6-4-5-7-27(26)39-16-17-43-30(39)37-29(41)36-21(3)18-22-8-10-23(11-9-22)28-35-19-40(38-28)24-12-14-25(15-13-24)42-31(32,33)34/h4-15,18-20H,16-17H2,1-3H3,(H,36,41)/b21-18+,37-30?. The van der Waals surface area contributed by atoms with Gasteiger partial charge in [0.05, 0.1) is 5.69 Å². The number of amides is 2. The number of allylic oxidation sites excluding steroid dienone is 1. The van der Waals surface area contributed by atoms with Gasteiger partial charge in [-0.2, -0.15) is 4.99 Å². The van der Waals surface area contributed by atoms with Crippen molar-refractivity contribution >= 4 is 34.7 Å². The third-order valence-corrected chi connectivity index (χ3v) is 7.46. The number of amidine groups is 1. The van der Waals surface area contributed by atoms with Crippen molar-refractivity contribution in [1.82, 2.24) is 20.1 Å². The Balaban J connectivity index is 1.22. The molecule has 2 amide bonds. The smallest absolute Gasteiger partial charge is 0.406 e. The molecule has 1 N–H and O–H groups in total. The minimum absolute atomic E-state index is 0.314. The largest absolute Gasteiger partial charge is 0.573 e. The highest BCUT2D eigenvalue weighted by Gasteiger charge is 2.31. The van der Waals surface area contributed by atoms with Crippen molar-refractivity contribution in [1.29, 1.82) is 0 Å². The highest BCUT2D eigenvalue weighted by Crippen LogP contribution is 2.32. The molecule has 5 rings (SSSR count). The molecule has 3 aromatic carbocycles. The number of alkyl halides is 3. The number of nitrogens with zero attached hydrogens (tertiary/aromatic N) is 5. The van der Waals surface area contributed by atoms with Gasteiger partial charge in [-0.05, 0) is 60.4 Å². The molecule has 0 saturated carbocycles. The van der Waals surface area contributed by atoms with Crippen LogP contribution in [0.4, 0.5) is 23.7 Å². The van der Waals surface area contributed by atoms with Crippen LogP contribution in [0, 0.1) is 0 Å². The van der Waals surface area contributed by atoms with Crippen molar-refractivity contribution in [3.8, 4) is 22.8 Å². The number of anilines is 1. The molecule has 43 heavy (non-hydrogen) atoms. The molecule has 1 aromatic heterocycles. The fraction of sp³-hybridized carbons (Fsp3) is 0.226. The van der Waals surface area contributed by atoms with Crippen LogP contribution in [0.2, 0.25) is 0 Å². The van der Waals surface area contributed by atoms with Crippen LogP contribution in [-0.2, 0) is 0 Å². The summed E-state index contributed by atoms with van der Waals surface area (Å²) in [7, 11) is 0. The SMILES string of the molecule is C/C(=C\c1ccc(-c2ncn(-c3ccc(OC(F)(F)F)cc3)n2)cc1)NC(=O)N=C1SCCN1c1ccccc1C(C)C. The Morgan fingerprint density at radius 3 is 2.49 bits per heavy atom. The molecule has 222 valence electrons. The molecule has 0 radical (unpaired) electrons. The van der Waals surface area contributed by atoms with E-state index in [2.05, 4.69) is 56.0 Å². The molecule has 1 aliphatic heterocycles. The quantitative estimate of drug-likeness (QED) is 0.233. The van der Waals surface area contributed by atoms with Gasteiger partial charge in [0, 0.05) is 29.2 Å². The minimum Gasteiger partial charge on any atom is -0.406 e. The van der Waals surface area contributed by atoms with Gasteiger partial charge in [-0.3, -0.25) is 0 Å². The first-order chi connectivity index (χ1) is 20.6. The molecule has 1 aliphatic rings. The van der Waals surface area contributed by atoms with E-state index in [9.17, 15) is 18.0 Å². The highest BCUT2D eigenvalue weighted by molar-refractivity contribution is 8.14. The fourth-order valence-electron chi connectivity index (χ4n) is 4.56. The number of halogens is 3. The van der Waals surface area contributed by atoms with E-state index in [-0.39, 0.29) is 5.75 Å². The Labute approximate surface area is 251 Å². The molecule has 8 nitrogen and oxygen atoms in total. The molecule has 0 unspecified atom stereocenters. The maximum atomic E-state index is 12.8. The van der Waals surface area contributed by atoms with Crippen LogP contribution < -0.4 is 15.0 Å². The van der Waals surface area contributed by atoms with E-state index < -0.39 is 12.4 Å². The lowest BCUT2D eigenvalue weighted by atomic mass is 10.0. The predicted molar refractivity (Wildman–Crippen MR) is 163 cm³/mol. The van der Waals surface area contributed by atoms with Crippen molar-refractivity contribution in [3.05, 3.63) is 95.9 Å². The molecule has 0 atom stereocenters. The first-order valence-corrected chi connectivity index (χ1v) is 14.5. The first-order valence-electron chi connectivity index (χ1n) is 13.5. The second-order valence-corrected chi connectivity index (χ2v) is 11.1. The summed E-state index contributed by atoms with van der Waals surface area (Å²) in [5.41, 5.74) is 5.07. The average molecular weight is 607 g/mol. The molecule has 2 heterocycles. The lowest BCUT2D eigenvalue weighted by molar-refractivity contribution is -0.274. The van der Waals surface area contributed by atoms with Crippen LogP contribution in [0.1, 0.15) is 37.8 Å². The number of thioether (sulfide) groups is 1. The molecule has 0 aliphatic carbocycles. The lowest BCUT2D eigenvalue weighted by Gasteiger charge is -2.23. The van der Waals surface area contributed by atoms with Gasteiger partial charge in [-0.25, -0.2) is 14.5 Å². The summed E-state index contributed by atoms with van der Waals surface area (Å²) >= 11 is 1.56. The summed E-state index contributed by atoms with van der Waals surface area (Å²) in [6, 6.07) is 20.6. The first kappa shape index (κ1) is 29.9. The van der Waals surface area contributed by atoms with Gasteiger partial charge in [0.2, 0.25) is 0 Å². The number of carbonyl (C=O) groups is 1.